The van der Waals surface area contributed by atoms with Crippen molar-refractivity contribution in [2.45, 2.75) is 0 Å². The first-order valence-corrected chi connectivity index (χ1v) is 3.37. The van der Waals surface area contributed by atoms with Crippen molar-refractivity contribution >= 4 is 11.9 Å². The van der Waals surface area contributed by atoms with Crippen LogP contribution >= 0.6 is 0 Å². The molecule has 2 amide bonds. The van der Waals surface area contributed by atoms with E-state index in [1.807, 2.05) is 0 Å². The summed E-state index contributed by atoms with van der Waals surface area (Å²) in [5.74, 6) is 0.169. The van der Waals surface area contributed by atoms with Gasteiger partial charge in [0.05, 0.1) is 12.3 Å². The lowest BCUT2D eigenvalue weighted by Gasteiger charge is -1.93. The first-order valence-electron chi connectivity index (χ1n) is 3.37. The van der Waals surface area contributed by atoms with Gasteiger partial charge in [-0.3, -0.25) is 0 Å². The fourth-order valence-electron chi connectivity index (χ4n) is 0.729. The summed E-state index contributed by atoms with van der Waals surface area (Å²) in [5, 5.41) is 10.8. The number of aliphatic hydroxyl groups excluding tert-OH is 1. The maximum Gasteiger partial charge on any atom is 0.347 e. The number of urea groups is 1. The molecule has 1 rings (SSSR count). The Morgan fingerprint density at radius 2 is 2.42 bits per heavy atom. The van der Waals surface area contributed by atoms with Crippen molar-refractivity contribution in [3.63, 3.8) is 0 Å². The molecule has 0 spiro atoms. The summed E-state index contributed by atoms with van der Waals surface area (Å²) in [4.78, 5) is 14.0. The molecule has 0 saturated heterocycles. The van der Waals surface area contributed by atoms with Crippen molar-refractivity contribution in [3.05, 3.63) is 23.9 Å². The summed E-state index contributed by atoms with van der Waals surface area (Å²) in [6.07, 6.45) is 4.67. The number of nitrogens with two attached hydrogens (primary N) is 1. The fraction of sp³-hybridized carbons (Fsp3) is 0.143. The van der Waals surface area contributed by atoms with Crippen molar-refractivity contribution in [1.82, 2.24) is 5.32 Å². The van der Waals surface area contributed by atoms with Crippen LogP contribution < -0.4 is 11.1 Å². The monoisotopic (exact) mass is 167 g/mol. The number of hydrogen-bond acceptors (Lipinski definition) is 3. The number of amides is 2. The molecule has 0 fully saturated rings. The number of nitrogens with one attached hydrogen (secondary N) is 1. The van der Waals surface area contributed by atoms with Crippen molar-refractivity contribution < 1.29 is 9.90 Å². The molecule has 0 aromatic heterocycles. The number of aliphatic hydroxyl groups is 1. The minimum atomic E-state index is -0.462. The SMILES string of the molecule is NC1=NC(=O)N/C1=C\C=C\CO. The molecule has 64 valence electrons. The Morgan fingerprint density at radius 3 is 2.92 bits per heavy atom. The summed E-state index contributed by atoms with van der Waals surface area (Å²) in [6.45, 7) is -0.0469. The molecule has 1 aliphatic rings. The fourth-order valence-corrected chi connectivity index (χ4v) is 0.729. The van der Waals surface area contributed by atoms with Gasteiger partial charge in [0, 0.05) is 0 Å². The zero-order valence-corrected chi connectivity index (χ0v) is 6.32. The highest BCUT2D eigenvalue weighted by atomic mass is 16.2. The summed E-state index contributed by atoms with van der Waals surface area (Å²) in [7, 11) is 0. The highest BCUT2D eigenvalue weighted by molar-refractivity contribution is 6.10. The van der Waals surface area contributed by atoms with Crippen LogP contribution in [0.1, 0.15) is 0 Å². The molecular weight excluding hydrogens is 158 g/mol. The van der Waals surface area contributed by atoms with Crippen molar-refractivity contribution in [2.75, 3.05) is 6.61 Å². The van der Waals surface area contributed by atoms with E-state index in [0.29, 0.717) is 5.70 Å². The molecule has 0 atom stereocenters. The van der Waals surface area contributed by atoms with Gasteiger partial charge in [0.15, 0.2) is 5.84 Å². The van der Waals surface area contributed by atoms with E-state index in [1.54, 1.807) is 12.2 Å². The van der Waals surface area contributed by atoms with Crippen LogP contribution in [0.25, 0.3) is 0 Å². The average Bonchev–Trinajstić information content (AvgIpc) is 2.31. The first kappa shape index (κ1) is 8.48. The van der Waals surface area contributed by atoms with Crippen LogP contribution in [0.4, 0.5) is 4.79 Å². The zero-order valence-electron chi connectivity index (χ0n) is 6.32. The molecule has 12 heavy (non-hydrogen) atoms. The summed E-state index contributed by atoms with van der Waals surface area (Å²) in [5.41, 5.74) is 5.82. The second-order valence-electron chi connectivity index (χ2n) is 2.12. The van der Waals surface area contributed by atoms with E-state index in [-0.39, 0.29) is 12.4 Å². The number of amidine groups is 1. The predicted molar refractivity (Wildman–Crippen MR) is 44.5 cm³/mol. The van der Waals surface area contributed by atoms with Gasteiger partial charge in [-0.25, -0.2) is 4.79 Å². The molecule has 0 saturated carbocycles. The van der Waals surface area contributed by atoms with Crippen LogP contribution in [0.2, 0.25) is 0 Å². The number of rotatable bonds is 2. The highest BCUT2D eigenvalue weighted by Crippen LogP contribution is 1.99. The molecule has 5 heteroatoms. The standard InChI is InChI=1S/C7H9N3O2/c8-6-5(3-1-2-4-11)9-7(12)10-6/h1-3,11H,4H2,(H3,8,9,10,12)/b2-1+,5-3-. The molecule has 0 aromatic carbocycles. The lowest BCUT2D eigenvalue weighted by molar-refractivity contribution is 0.253. The Hall–Kier alpha value is -1.62. The van der Waals surface area contributed by atoms with Gasteiger partial charge in [-0.1, -0.05) is 12.2 Å². The van der Waals surface area contributed by atoms with Crippen LogP contribution in [-0.2, 0) is 0 Å². The second kappa shape index (κ2) is 3.68. The number of carbonyl (C=O) groups excluding carboxylic acids is 1. The van der Waals surface area contributed by atoms with E-state index in [1.165, 1.54) is 6.08 Å². The molecular formula is C7H9N3O2. The second-order valence-corrected chi connectivity index (χ2v) is 2.12. The van der Waals surface area contributed by atoms with Gasteiger partial charge in [0.2, 0.25) is 0 Å². The van der Waals surface area contributed by atoms with Gasteiger partial charge >= 0.3 is 6.03 Å². The minimum absolute atomic E-state index is 0.0469. The molecule has 0 bridgehead atoms. The van der Waals surface area contributed by atoms with Crippen molar-refractivity contribution in [1.29, 1.82) is 0 Å². The number of aliphatic imine (C=N–C) groups is 1. The lowest BCUT2D eigenvalue weighted by atomic mass is 10.3. The Balaban J connectivity index is 2.66. The van der Waals surface area contributed by atoms with Gasteiger partial charge in [0.25, 0.3) is 0 Å². The largest absolute Gasteiger partial charge is 0.392 e. The Morgan fingerprint density at radius 1 is 1.67 bits per heavy atom. The van der Waals surface area contributed by atoms with Crippen molar-refractivity contribution in [3.8, 4) is 0 Å². The van der Waals surface area contributed by atoms with Gasteiger partial charge < -0.3 is 16.2 Å². The highest BCUT2D eigenvalue weighted by Gasteiger charge is 2.14. The number of carbonyl (C=O) groups is 1. The number of allylic oxidation sites excluding steroid dienone is 2. The van der Waals surface area contributed by atoms with Crippen molar-refractivity contribution in [2.24, 2.45) is 10.7 Å². The van der Waals surface area contributed by atoms with E-state index < -0.39 is 6.03 Å². The van der Waals surface area contributed by atoms with Crippen LogP contribution in [-0.4, -0.2) is 23.6 Å². The summed E-state index contributed by atoms with van der Waals surface area (Å²) in [6, 6.07) is -0.462. The van der Waals surface area contributed by atoms with Crippen LogP contribution in [0.3, 0.4) is 0 Å². The number of nitrogens with zero attached hydrogens (tertiary/aromatic N) is 1. The maximum absolute atomic E-state index is 10.6. The molecule has 0 unspecified atom stereocenters. The van der Waals surface area contributed by atoms with Crippen LogP contribution in [0, 0.1) is 0 Å². The van der Waals surface area contributed by atoms with Gasteiger partial charge in [-0.15, -0.1) is 0 Å². The number of hydrogen-bond donors (Lipinski definition) is 3. The lowest BCUT2D eigenvalue weighted by Crippen LogP contribution is -2.18. The Labute approximate surface area is 69.3 Å². The minimum Gasteiger partial charge on any atom is -0.392 e. The predicted octanol–water partition coefficient (Wildman–Crippen LogP) is -0.501. The van der Waals surface area contributed by atoms with E-state index in [2.05, 4.69) is 10.3 Å². The van der Waals surface area contributed by atoms with Gasteiger partial charge in [0.1, 0.15) is 0 Å². The third kappa shape index (κ3) is 1.93. The topological polar surface area (TPSA) is 87.7 Å². The third-order valence-corrected chi connectivity index (χ3v) is 1.24. The average molecular weight is 167 g/mol. The summed E-state index contributed by atoms with van der Waals surface area (Å²) < 4.78 is 0. The van der Waals surface area contributed by atoms with Crippen LogP contribution in [0.5, 0.6) is 0 Å². The van der Waals surface area contributed by atoms with E-state index in [9.17, 15) is 4.79 Å². The first-order chi connectivity index (χ1) is 5.74. The molecule has 0 radical (unpaired) electrons. The Bertz CT molecular complexity index is 278. The molecule has 1 aliphatic heterocycles. The third-order valence-electron chi connectivity index (χ3n) is 1.24. The molecule has 4 N–H and O–H groups in total. The summed E-state index contributed by atoms with van der Waals surface area (Å²) >= 11 is 0. The molecule has 1 heterocycles. The molecule has 0 aromatic rings. The van der Waals surface area contributed by atoms with Crippen LogP contribution in [0.15, 0.2) is 28.9 Å². The van der Waals surface area contributed by atoms with E-state index >= 15 is 0 Å². The molecule has 5 nitrogen and oxygen atoms in total. The molecule has 0 aliphatic carbocycles. The van der Waals surface area contributed by atoms with E-state index in [4.69, 9.17) is 10.8 Å². The van der Waals surface area contributed by atoms with Gasteiger partial charge in [-0.05, 0) is 6.08 Å². The zero-order chi connectivity index (χ0) is 8.97. The smallest absolute Gasteiger partial charge is 0.347 e. The Kier molecular flexibility index (Phi) is 2.60. The van der Waals surface area contributed by atoms with E-state index in [0.717, 1.165) is 0 Å². The quantitative estimate of drug-likeness (QED) is 0.518. The maximum atomic E-state index is 10.6. The van der Waals surface area contributed by atoms with Gasteiger partial charge in [-0.2, -0.15) is 4.99 Å². The normalized spacial score (nSPS) is 20.2.